The van der Waals surface area contributed by atoms with Gasteiger partial charge in [0.05, 0.1) is 0 Å². The first-order valence-electron chi connectivity index (χ1n) is 8.59. The minimum Gasteiger partial charge on any atom is -0.0653 e. The van der Waals surface area contributed by atoms with Gasteiger partial charge in [0.2, 0.25) is 0 Å². The molecule has 114 valence electrons. The van der Waals surface area contributed by atoms with Crippen molar-refractivity contribution in [3.63, 3.8) is 0 Å². The molecule has 0 N–H and O–H groups in total. The largest absolute Gasteiger partial charge is 0.0653 e. The Labute approximate surface area is 138 Å². The molecule has 0 saturated heterocycles. The third-order valence-corrected chi connectivity index (χ3v) is 5.07. The molecule has 1 atom stereocenters. The molecule has 0 nitrogen and oxygen atoms in total. The third-order valence-electron chi connectivity index (χ3n) is 5.07. The monoisotopic (exact) mass is 298 g/mol. The minimum absolute atomic E-state index is 0.530. The van der Waals surface area contributed by atoms with E-state index in [1.54, 1.807) is 0 Å². The van der Waals surface area contributed by atoms with Crippen LogP contribution in [0.4, 0.5) is 0 Å². The maximum absolute atomic E-state index is 2.42. The van der Waals surface area contributed by atoms with E-state index in [0.717, 1.165) is 0 Å². The van der Waals surface area contributed by atoms with Crippen LogP contribution >= 0.6 is 0 Å². The Morgan fingerprint density at radius 1 is 0.870 bits per heavy atom. The van der Waals surface area contributed by atoms with Crippen LogP contribution < -0.4 is 0 Å². The van der Waals surface area contributed by atoms with E-state index in [1.165, 1.54) is 51.4 Å². The van der Waals surface area contributed by atoms with Gasteiger partial charge in [-0.2, -0.15) is 0 Å². The van der Waals surface area contributed by atoms with Crippen molar-refractivity contribution < 1.29 is 0 Å². The van der Waals surface area contributed by atoms with Gasteiger partial charge in [-0.1, -0.05) is 80.1 Å². The van der Waals surface area contributed by atoms with E-state index >= 15 is 0 Å². The highest BCUT2D eigenvalue weighted by Crippen LogP contribution is 2.47. The number of hydrogen-bond acceptors (Lipinski definition) is 0. The first-order valence-corrected chi connectivity index (χ1v) is 8.59. The van der Waals surface area contributed by atoms with E-state index in [-0.39, 0.29) is 0 Å². The first-order chi connectivity index (χ1) is 11.3. The highest BCUT2D eigenvalue weighted by Gasteiger charge is 2.27. The molecule has 0 radical (unpaired) electrons. The van der Waals surface area contributed by atoms with Crippen molar-refractivity contribution >= 4 is 22.4 Å². The standard InChI is InChI=1S/C23H22/c1-3-8-21-22(15-18-12-6-9-16(2)23(18)21)20-14-7-11-17-10-4-5-13-19(17)20/h4-7,9-15,21H,3,8H2,1-2H3. The lowest BCUT2D eigenvalue weighted by Crippen LogP contribution is -2.01. The molecule has 0 bridgehead atoms. The average molecular weight is 298 g/mol. The Kier molecular flexibility index (Phi) is 3.53. The van der Waals surface area contributed by atoms with E-state index < -0.39 is 0 Å². The van der Waals surface area contributed by atoms with Gasteiger partial charge >= 0.3 is 0 Å². The van der Waals surface area contributed by atoms with E-state index in [2.05, 4.69) is 80.6 Å². The van der Waals surface area contributed by atoms with Gasteiger partial charge in [0.15, 0.2) is 0 Å². The number of allylic oxidation sites excluding steroid dienone is 1. The summed E-state index contributed by atoms with van der Waals surface area (Å²) in [7, 11) is 0. The van der Waals surface area contributed by atoms with Gasteiger partial charge in [0, 0.05) is 5.92 Å². The Bertz CT molecular complexity index is 894. The number of hydrogen-bond donors (Lipinski definition) is 0. The summed E-state index contributed by atoms with van der Waals surface area (Å²) >= 11 is 0. The normalized spacial score (nSPS) is 16.4. The van der Waals surface area contributed by atoms with Crippen molar-refractivity contribution in [1.82, 2.24) is 0 Å². The zero-order chi connectivity index (χ0) is 15.8. The third kappa shape index (κ3) is 2.30. The Morgan fingerprint density at radius 2 is 1.65 bits per heavy atom. The summed E-state index contributed by atoms with van der Waals surface area (Å²) in [4.78, 5) is 0. The molecule has 0 spiro atoms. The van der Waals surface area contributed by atoms with Crippen LogP contribution in [0.25, 0.3) is 22.4 Å². The Morgan fingerprint density at radius 3 is 2.52 bits per heavy atom. The van der Waals surface area contributed by atoms with Crippen LogP contribution in [0.2, 0.25) is 0 Å². The van der Waals surface area contributed by atoms with Gasteiger partial charge in [0.1, 0.15) is 0 Å². The average Bonchev–Trinajstić information content (AvgIpc) is 2.94. The fraction of sp³-hybridized carbons (Fsp3) is 0.217. The molecule has 0 aliphatic heterocycles. The molecule has 3 aromatic rings. The molecule has 1 aliphatic carbocycles. The molecular formula is C23H22. The molecule has 4 rings (SSSR count). The highest BCUT2D eigenvalue weighted by molar-refractivity contribution is 6.02. The SMILES string of the molecule is CCCC1C(c2cccc3ccccc23)=Cc2cccc(C)c21. The van der Waals surface area contributed by atoms with E-state index in [9.17, 15) is 0 Å². The minimum atomic E-state index is 0.530. The Hall–Kier alpha value is -2.34. The van der Waals surface area contributed by atoms with Gasteiger partial charge < -0.3 is 0 Å². The zero-order valence-corrected chi connectivity index (χ0v) is 13.8. The number of aryl methyl sites for hydroxylation is 1. The second kappa shape index (κ2) is 5.70. The van der Waals surface area contributed by atoms with Crippen LogP contribution in [-0.2, 0) is 0 Å². The Balaban J connectivity index is 1.93. The van der Waals surface area contributed by atoms with Crippen LogP contribution in [0.3, 0.4) is 0 Å². The number of fused-ring (bicyclic) bond motifs is 2. The van der Waals surface area contributed by atoms with Crippen molar-refractivity contribution in [2.75, 3.05) is 0 Å². The lowest BCUT2D eigenvalue weighted by molar-refractivity contribution is 0.734. The summed E-state index contributed by atoms with van der Waals surface area (Å²) < 4.78 is 0. The van der Waals surface area contributed by atoms with Gasteiger partial charge in [-0.25, -0.2) is 0 Å². The maximum atomic E-state index is 2.42. The molecular weight excluding hydrogens is 276 g/mol. The fourth-order valence-electron chi connectivity index (χ4n) is 4.06. The predicted molar refractivity (Wildman–Crippen MR) is 101 cm³/mol. The zero-order valence-electron chi connectivity index (χ0n) is 13.8. The lowest BCUT2D eigenvalue weighted by atomic mass is 9.84. The predicted octanol–water partition coefficient (Wildman–Crippen LogP) is 6.59. The smallest absolute Gasteiger partial charge is 0.0104 e. The van der Waals surface area contributed by atoms with Crippen LogP contribution in [0.1, 0.15) is 47.9 Å². The second-order valence-electron chi connectivity index (χ2n) is 6.55. The molecule has 0 aromatic heterocycles. The van der Waals surface area contributed by atoms with Gasteiger partial charge in [-0.05, 0) is 51.9 Å². The second-order valence-corrected chi connectivity index (χ2v) is 6.55. The number of rotatable bonds is 3. The first kappa shape index (κ1) is 14.3. The molecule has 0 saturated carbocycles. The van der Waals surface area contributed by atoms with Crippen molar-refractivity contribution in [2.24, 2.45) is 0 Å². The summed E-state index contributed by atoms with van der Waals surface area (Å²) in [5.41, 5.74) is 7.27. The van der Waals surface area contributed by atoms with E-state index in [0.29, 0.717) is 5.92 Å². The molecule has 1 aliphatic rings. The van der Waals surface area contributed by atoms with Crippen LogP contribution in [0, 0.1) is 6.92 Å². The topological polar surface area (TPSA) is 0 Å². The van der Waals surface area contributed by atoms with Gasteiger partial charge in [-0.15, -0.1) is 0 Å². The van der Waals surface area contributed by atoms with Crippen molar-refractivity contribution in [3.05, 3.63) is 82.9 Å². The summed E-state index contributed by atoms with van der Waals surface area (Å²) in [5, 5.41) is 2.70. The molecule has 3 aromatic carbocycles. The van der Waals surface area contributed by atoms with Crippen molar-refractivity contribution in [2.45, 2.75) is 32.6 Å². The van der Waals surface area contributed by atoms with E-state index in [4.69, 9.17) is 0 Å². The lowest BCUT2D eigenvalue weighted by Gasteiger charge is -2.19. The number of benzene rings is 3. The highest BCUT2D eigenvalue weighted by atomic mass is 14.3. The summed E-state index contributed by atoms with van der Waals surface area (Å²) in [6.07, 6.45) is 4.85. The fourth-order valence-corrected chi connectivity index (χ4v) is 4.06. The molecule has 0 heteroatoms. The molecule has 0 fully saturated rings. The van der Waals surface area contributed by atoms with Crippen molar-refractivity contribution in [1.29, 1.82) is 0 Å². The van der Waals surface area contributed by atoms with Crippen LogP contribution in [0.15, 0.2) is 60.7 Å². The molecule has 23 heavy (non-hydrogen) atoms. The summed E-state index contributed by atoms with van der Waals surface area (Å²) in [6.45, 7) is 4.54. The maximum Gasteiger partial charge on any atom is 0.0104 e. The molecule has 0 heterocycles. The molecule has 1 unspecified atom stereocenters. The van der Waals surface area contributed by atoms with Crippen LogP contribution in [0.5, 0.6) is 0 Å². The van der Waals surface area contributed by atoms with Gasteiger partial charge in [0.25, 0.3) is 0 Å². The quantitative estimate of drug-likeness (QED) is 0.512. The van der Waals surface area contributed by atoms with Crippen LogP contribution in [-0.4, -0.2) is 0 Å². The van der Waals surface area contributed by atoms with Gasteiger partial charge in [-0.3, -0.25) is 0 Å². The summed E-state index contributed by atoms with van der Waals surface area (Å²) in [6, 6.07) is 22.1. The summed E-state index contributed by atoms with van der Waals surface area (Å²) in [5.74, 6) is 0.530. The molecule has 0 amide bonds. The van der Waals surface area contributed by atoms with Crippen molar-refractivity contribution in [3.8, 4) is 0 Å². The van der Waals surface area contributed by atoms with E-state index in [1.807, 2.05) is 0 Å².